The fourth-order valence-corrected chi connectivity index (χ4v) is 3.03. The molecule has 25 heavy (non-hydrogen) atoms. The van der Waals surface area contributed by atoms with E-state index >= 15 is 0 Å². The van der Waals surface area contributed by atoms with Gasteiger partial charge in [-0.25, -0.2) is 5.10 Å². The van der Waals surface area contributed by atoms with E-state index in [0.717, 1.165) is 5.56 Å². The Kier molecular flexibility index (Phi) is 4.51. The number of aromatic amines is 1. The molecule has 8 heteroatoms. The van der Waals surface area contributed by atoms with Crippen LogP contribution < -0.4 is 10.3 Å². The molecule has 2 heterocycles. The number of H-pyrrole nitrogens is 1. The Morgan fingerprint density at radius 3 is 2.48 bits per heavy atom. The van der Waals surface area contributed by atoms with Crippen molar-refractivity contribution in [2.75, 3.05) is 20.2 Å². The zero-order valence-electron chi connectivity index (χ0n) is 13.5. The number of amides is 1. The molecule has 1 amide bonds. The maximum atomic E-state index is 12.5. The number of aliphatic carboxylic acids is 1. The Hall–Kier alpha value is -3.16. The van der Waals surface area contributed by atoms with Crippen molar-refractivity contribution in [3.8, 4) is 5.75 Å². The van der Waals surface area contributed by atoms with Gasteiger partial charge in [0, 0.05) is 25.1 Å². The summed E-state index contributed by atoms with van der Waals surface area (Å²) in [6, 6.07) is 9.70. The molecule has 2 atom stereocenters. The lowest BCUT2D eigenvalue weighted by Gasteiger charge is -2.16. The first-order chi connectivity index (χ1) is 12.0. The van der Waals surface area contributed by atoms with Gasteiger partial charge in [0.1, 0.15) is 11.4 Å². The summed E-state index contributed by atoms with van der Waals surface area (Å²) >= 11 is 0. The van der Waals surface area contributed by atoms with E-state index in [1.807, 2.05) is 12.1 Å². The molecule has 2 N–H and O–H groups in total. The number of benzene rings is 1. The van der Waals surface area contributed by atoms with Gasteiger partial charge in [0.05, 0.1) is 13.0 Å². The third kappa shape index (κ3) is 3.37. The number of methoxy groups -OCH3 is 1. The maximum Gasteiger partial charge on any atom is 0.308 e. The smallest absolute Gasteiger partial charge is 0.308 e. The highest BCUT2D eigenvalue weighted by molar-refractivity contribution is 5.93. The number of likely N-dealkylation sites (tertiary alicyclic amines) is 1. The van der Waals surface area contributed by atoms with E-state index in [9.17, 15) is 19.5 Å². The molecule has 2 aromatic rings. The second kappa shape index (κ2) is 6.76. The highest BCUT2D eigenvalue weighted by Gasteiger charge is 2.41. The number of carbonyl (C=O) groups is 2. The second-order valence-electron chi connectivity index (χ2n) is 5.84. The first kappa shape index (κ1) is 16.7. The Labute approximate surface area is 143 Å². The van der Waals surface area contributed by atoms with E-state index in [0.29, 0.717) is 5.75 Å². The first-order valence-corrected chi connectivity index (χ1v) is 7.71. The number of hydrogen-bond donors (Lipinski definition) is 2. The summed E-state index contributed by atoms with van der Waals surface area (Å²) in [7, 11) is 1.56. The number of aromatic nitrogens is 2. The van der Waals surface area contributed by atoms with Crippen LogP contribution >= 0.6 is 0 Å². The molecule has 1 aliphatic heterocycles. The third-order valence-electron chi connectivity index (χ3n) is 4.37. The van der Waals surface area contributed by atoms with E-state index in [2.05, 4.69) is 10.2 Å². The molecule has 130 valence electrons. The fraction of sp³-hybridized carbons (Fsp3) is 0.294. The van der Waals surface area contributed by atoms with Crippen molar-refractivity contribution in [3.63, 3.8) is 0 Å². The van der Waals surface area contributed by atoms with Crippen LogP contribution in [0.25, 0.3) is 0 Å². The SMILES string of the molecule is COc1ccc([C@@H]2CN(C(=O)c3ccc(=O)[nH]n3)C[C@H]2C(=O)O)cc1. The van der Waals surface area contributed by atoms with Crippen molar-refractivity contribution in [1.82, 2.24) is 15.1 Å². The van der Waals surface area contributed by atoms with Crippen molar-refractivity contribution in [2.45, 2.75) is 5.92 Å². The summed E-state index contributed by atoms with van der Waals surface area (Å²) in [5.41, 5.74) is 0.509. The minimum absolute atomic E-state index is 0.0825. The quantitative estimate of drug-likeness (QED) is 0.846. The van der Waals surface area contributed by atoms with Crippen molar-refractivity contribution < 1.29 is 19.4 Å². The van der Waals surface area contributed by atoms with Gasteiger partial charge < -0.3 is 14.7 Å². The lowest BCUT2D eigenvalue weighted by molar-refractivity contribution is -0.141. The van der Waals surface area contributed by atoms with Crippen molar-refractivity contribution >= 4 is 11.9 Å². The standard InChI is InChI=1S/C17H17N3O5/c1-25-11-4-2-10(3-5-11)12-8-20(9-13(12)17(23)24)16(22)14-6-7-15(21)19-18-14/h2-7,12-13H,8-9H2,1H3,(H,19,21)(H,23,24)/t12-,13+/m0/s1. The second-order valence-corrected chi connectivity index (χ2v) is 5.84. The number of hydrogen-bond acceptors (Lipinski definition) is 5. The van der Waals surface area contributed by atoms with Gasteiger partial charge in [-0.05, 0) is 23.8 Å². The van der Waals surface area contributed by atoms with Crippen LogP contribution in [-0.2, 0) is 4.79 Å². The van der Waals surface area contributed by atoms with Crippen molar-refractivity contribution in [3.05, 3.63) is 58.0 Å². The summed E-state index contributed by atoms with van der Waals surface area (Å²) in [5, 5.41) is 15.5. The van der Waals surface area contributed by atoms with Gasteiger partial charge >= 0.3 is 5.97 Å². The molecule has 0 unspecified atom stereocenters. The third-order valence-corrected chi connectivity index (χ3v) is 4.37. The highest BCUT2D eigenvalue weighted by Crippen LogP contribution is 2.34. The minimum atomic E-state index is -0.953. The summed E-state index contributed by atoms with van der Waals surface area (Å²) in [4.78, 5) is 36.7. The van der Waals surface area contributed by atoms with Gasteiger partial charge in [0.25, 0.3) is 11.5 Å². The van der Waals surface area contributed by atoms with Crippen LogP contribution in [0, 0.1) is 5.92 Å². The Bertz CT molecular complexity index is 826. The molecule has 8 nitrogen and oxygen atoms in total. The molecule has 0 aliphatic carbocycles. The number of carbonyl (C=O) groups excluding carboxylic acids is 1. The molecule has 0 bridgehead atoms. The monoisotopic (exact) mass is 343 g/mol. The van der Waals surface area contributed by atoms with Crippen LogP contribution in [0.1, 0.15) is 22.0 Å². The average Bonchev–Trinajstić information content (AvgIpc) is 3.07. The zero-order chi connectivity index (χ0) is 18.0. The van der Waals surface area contributed by atoms with Gasteiger partial charge in [-0.1, -0.05) is 12.1 Å². The van der Waals surface area contributed by atoms with Crippen LogP contribution in [0.15, 0.2) is 41.2 Å². The number of carboxylic acids is 1. The Balaban J connectivity index is 1.84. The van der Waals surface area contributed by atoms with Crippen LogP contribution in [0.3, 0.4) is 0 Å². The number of ether oxygens (including phenoxy) is 1. The molecule has 0 saturated carbocycles. The van der Waals surface area contributed by atoms with E-state index in [1.165, 1.54) is 17.0 Å². The minimum Gasteiger partial charge on any atom is -0.497 e. The van der Waals surface area contributed by atoms with E-state index in [-0.39, 0.29) is 24.7 Å². The topological polar surface area (TPSA) is 113 Å². The van der Waals surface area contributed by atoms with Gasteiger partial charge in [-0.15, -0.1) is 0 Å². The fourth-order valence-electron chi connectivity index (χ4n) is 3.03. The van der Waals surface area contributed by atoms with E-state index < -0.39 is 23.4 Å². The van der Waals surface area contributed by atoms with Crippen LogP contribution in [0.4, 0.5) is 0 Å². The van der Waals surface area contributed by atoms with Crippen molar-refractivity contribution in [2.24, 2.45) is 5.92 Å². The molecule has 1 aromatic carbocycles. The average molecular weight is 343 g/mol. The predicted octanol–water partition coefficient (Wildman–Crippen LogP) is 0.719. The maximum absolute atomic E-state index is 12.5. The molecular formula is C17H17N3O5. The molecule has 1 aliphatic rings. The Morgan fingerprint density at radius 1 is 1.20 bits per heavy atom. The van der Waals surface area contributed by atoms with Crippen LogP contribution in [0.2, 0.25) is 0 Å². The molecule has 0 radical (unpaired) electrons. The molecule has 1 fully saturated rings. The normalized spacial score (nSPS) is 19.6. The number of carboxylic acid groups (broad SMARTS) is 1. The van der Waals surface area contributed by atoms with Gasteiger partial charge in [0.15, 0.2) is 0 Å². The number of nitrogens with zero attached hydrogens (tertiary/aromatic N) is 2. The number of rotatable bonds is 4. The molecule has 1 saturated heterocycles. The number of nitrogens with one attached hydrogen (secondary N) is 1. The van der Waals surface area contributed by atoms with Gasteiger partial charge in [0.2, 0.25) is 0 Å². The molecular weight excluding hydrogens is 326 g/mol. The van der Waals surface area contributed by atoms with Crippen LogP contribution in [0.5, 0.6) is 5.75 Å². The lowest BCUT2D eigenvalue weighted by atomic mass is 9.89. The van der Waals surface area contributed by atoms with E-state index in [4.69, 9.17) is 4.74 Å². The summed E-state index contributed by atoms with van der Waals surface area (Å²) in [6.07, 6.45) is 0. The molecule has 3 rings (SSSR count). The zero-order valence-corrected chi connectivity index (χ0v) is 13.5. The largest absolute Gasteiger partial charge is 0.497 e. The Morgan fingerprint density at radius 2 is 1.92 bits per heavy atom. The first-order valence-electron chi connectivity index (χ1n) is 7.71. The van der Waals surface area contributed by atoms with Gasteiger partial charge in [-0.2, -0.15) is 5.10 Å². The lowest BCUT2D eigenvalue weighted by Crippen LogP contribution is -2.31. The summed E-state index contributed by atoms with van der Waals surface area (Å²) in [5.74, 6) is -1.71. The summed E-state index contributed by atoms with van der Waals surface area (Å²) < 4.78 is 5.11. The predicted molar refractivity (Wildman–Crippen MR) is 87.6 cm³/mol. The van der Waals surface area contributed by atoms with Crippen LogP contribution in [-0.4, -0.2) is 52.3 Å². The highest BCUT2D eigenvalue weighted by atomic mass is 16.5. The van der Waals surface area contributed by atoms with Crippen molar-refractivity contribution in [1.29, 1.82) is 0 Å². The molecule has 0 spiro atoms. The summed E-state index contributed by atoms with van der Waals surface area (Å²) in [6.45, 7) is 0.356. The van der Waals surface area contributed by atoms with Gasteiger partial charge in [-0.3, -0.25) is 14.4 Å². The molecule has 1 aromatic heterocycles. The van der Waals surface area contributed by atoms with E-state index in [1.54, 1.807) is 19.2 Å².